The van der Waals surface area contributed by atoms with Crippen LogP contribution in [-0.2, 0) is 0 Å². The lowest BCUT2D eigenvalue weighted by Gasteiger charge is -2.02. The first-order valence-corrected chi connectivity index (χ1v) is 6.73. The summed E-state index contributed by atoms with van der Waals surface area (Å²) >= 11 is 0. The molecule has 0 spiro atoms. The predicted octanol–water partition coefficient (Wildman–Crippen LogP) is 2.84. The van der Waals surface area contributed by atoms with Crippen molar-refractivity contribution in [3.05, 3.63) is 66.0 Å². The maximum atomic E-state index is 2.38. The molecule has 72 valence electrons. The van der Waals surface area contributed by atoms with Gasteiger partial charge in [-0.2, -0.15) is 0 Å². The van der Waals surface area contributed by atoms with Crippen LogP contribution in [0.5, 0.6) is 0 Å². The maximum Gasteiger partial charge on any atom is 0.109 e. The van der Waals surface area contributed by atoms with E-state index in [4.69, 9.17) is 0 Å². The van der Waals surface area contributed by atoms with E-state index in [0.717, 1.165) is 0 Å². The van der Waals surface area contributed by atoms with Crippen molar-refractivity contribution in [2.75, 3.05) is 0 Å². The van der Waals surface area contributed by atoms with Crippen molar-refractivity contribution < 1.29 is 0 Å². The van der Waals surface area contributed by atoms with E-state index >= 15 is 0 Å². The van der Waals surface area contributed by atoms with Gasteiger partial charge in [0.1, 0.15) is 10.6 Å². The summed E-state index contributed by atoms with van der Waals surface area (Å²) in [5.41, 5.74) is 1.40. The van der Waals surface area contributed by atoms with E-state index in [1.807, 2.05) is 0 Å². The Morgan fingerprint density at radius 3 is 2.33 bits per heavy atom. The van der Waals surface area contributed by atoms with Crippen LogP contribution in [0.15, 0.2) is 60.4 Å². The van der Waals surface area contributed by atoms with Crippen molar-refractivity contribution in [2.45, 2.75) is 0 Å². The molecular weight excluding hydrogens is 199 g/mol. The molecule has 0 aliphatic carbocycles. The molecule has 0 nitrogen and oxygen atoms in total. The smallest absolute Gasteiger partial charge is 0.0620 e. The van der Waals surface area contributed by atoms with E-state index in [1.165, 1.54) is 16.2 Å². The molecule has 1 aliphatic heterocycles. The molecule has 1 heteroatoms. The monoisotopic (exact) mass is 211 g/mol. The van der Waals surface area contributed by atoms with Crippen molar-refractivity contribution in [1.82, 2.24) is 0 Å². The van der Waals surface area contributed by atoms with Crippen LogP contribution in [0.25, 0.3) is 6.08 Å². The van der Waals surface area contributed by atoms with E-state index in [0.29, 0.717) is 0 Å². The Morgan fingerprint density at radius 2 is 1.47 bits per heavy atom. The minimum absolute atomic E-state index is 0.627. The molecule has 15 heavy (non-hydrogen) atoms. The normalized spacial score (nSPS) is 17.7. The van der Waals surface area contributed by atoms with Crippen LogP contribution in [0.3, 0.4) is 0 Å². The second-order valence-electron chi connectivity index (χ2n) is 3.70. The molecule has 1 aliphatic rings. The van der Waals surface area contributed by atoms with Crippen LogP contribution in [0.2, 0.25) is 0 Å². The fourth-order valence-electron chi connectivity index (χ4n) is 2.02. The van der Waals surface area contributed by atoms with E-state index < -0.39 is 7.92 Å². The maximum absolute atomic E-state index is 2.38. The topological polar surface area (TPSA) is 0 Å². The van der Waals surface area contributed by atoms with Gasteiger partial charge in [-0.1, -0.05) is 36.4 Å². The zero-order valence-corrected chi connectivity index (χ0v) is 9.35. The molecule has 3 rings (SSSR count). The van der Waals surface area contributed by atoms with Crippen LogP contribution in [0, 0.1) is 0 Å². The van der Waals surface area contributed by atoms with E-state index in [2.05, 4.69) is 66.5 Å². The van der Waals surface area contributed by atoms with Crippen molar-refractivity contribution in [1.29, 1.82) is 0 Å². The summed E-state index contributed by atoms with van der Waals surface area (Å²) in [6, 6.07) is 19.5. The molecule has 0 radical (unpaired) electrons. The second kappa shape index (κ2) is 3.64. The molecule has 0 amide bonds. The summed E-state index contributed by atoms with van der Waals surface area (Å²) in [6.45, 7) is 0. The summed E-state index contributed by atoms with van der Waals surface area (Å²) in [5.74, 6) is 2.38. The Kier molecular flexibility index (Phi) is 2.16. The lowest BCUT2D eigenvalue weighted by atomic mass is 10.2. The van der Waals surface area contributed by atoms with Gasteiger partial charge in [-0.3, -0.25) is 0 Å². The van der Waals surface area contributed by atoms with Gasteiger partial charge in [-0.15, -0.1) is 0 Å². The van der Waals surface area contributed by atoms with Crippen LogP contribution in [-0.4, -0.2) is 0 Å². The van der Waals surface area contributed by atoms with Crippen molar-refractivity contribution in [3.8, 4) is 0 Å². The molecule has 0 aromatic heterocycles. The number of fused-ring (bicyclic) bond motifs is 1. The second-order valence-corrected chi connectivity index (χ2v) is 5.98. The van der Waals surface area contributed by atoms with E-state index in [1.54, 1.807) is 0 Å². The number of benzene rings is 2. The van der Waals surface area contributed by atoms with Gasteiger partial charge in [0.25, 0.3) is 0 Å². The Bertz CT molecular complexity index is 500. The van der Waals surface area contributed by atoms with Gasteiger partial charge >= 0.3 is 0 Å². The average molecular weight is 211 g/mol. The minimum atomic E-state index is -0.627. The molecule has 1 heterocycles. The first kappa shape index (κ1) is 8.88. The minimum Gasteiger partial charge on any atom is -0.0620 e. The number of hydrogen-bond donors (Lipinski definition) is 0. The highest BCUT2D eigenvalue weighted by atomic mass is 31.1. The summed E-state index contributed by atoms with van der Waals surface area (Å²) in [6.07, 6.45) is 2.26. The molecule has 0 fully saturated rings. The van der Waals surface area contributed by atoms with Crippen molar-refractivity contribution >= 4 is 24.6 Å². The highest BCUT2D eigenvalue weighted by Gasteiger charge is 2.25. The van der Waals surface area contributed by atoms with E-state index in [-0.39, 0.29) is 0 Å². The molecule has 1 atom stereocenters. The van der Waals surface area contributed by atoms with Gasteiger partial charge in [-0.25, -0.2) is 0 Å². The lowest BCUT2D eigenvalue weighted by molar-refractivity contribution is 1.73. The summed E-state index contributed by atoms with van der Waals surface area (Å²) in [4.78, 5) is 0. The van der Waals surface area contributed by atoms with Gasteiger partial charge in [-0.05, 0) is 24.3 Å². The third kappa shape index (κ3) is 1.52. The zero-order valence-electron chi connectivity index (χ0n) is 8.35. The standard InChI is InChI=1S/C14H11P/c1-2-7-13(8-3-1)15-11-10-12-6-4-5-9-14(12)15/h1-11H/p+1. The Hall–Kier alpha value is -1.39. The fraction of sp³-hybridized carbons (Fsp3) is 0. The Balaban J connectivity index is 2.09. The third-order valence-corrected chi connectivity index (χ3v) is 5.26. The van der Waals surface area contributed by atoms with Crippen LogP contribution in [0.1, 0.15) is 5.56 Å². The van der Waals surface area contributed by atoms with Gasteiger partial charge in [0, 0.05) is 5.56 Å². The highest BCUT2D eigenvalue weighted by molar-refractivity contribution is 7.76. The summed E-state index contributed by atoms with van der Waals surface area (Å²) in [5, 5.41) is 3.00. The van der Waals surface area contributed by atoms with Crippen LogP contribution < -0.4 is 10.6 Å². The lowest BCUT2D eigenvalue weighted by Crippen LogP contribution is -2.08. The third-order valence-electron chi connectivity index (χ3n) is 2.77. The van der Waals surface area contributed by atoms with Gasteiger partial charge in [0.2, 0.25) is 0 Å². The van der Waals surface area contributed by atoms with Crippen LogP contribution in [0.4, 0.5) is 0 Å². The van der Waals surface area contributed by atoms with Crippen LogP contribution >= 0.6 is 7.92 Å². The average Bonchev–Trinajstić information content (AvgIpc) is 2.74. The number of hydrogen-bond acceptors (Lipinski definition) is 0. The molecule has 0 N–H and O–H groups in total. The molecule has 1 unspecified atom stereocenters. The largest absolute Gasteiger partial charge is 0.109 e. The molecule has 2 aromatic carbocycles. The number of rotatable bonds is 1. The van der Waals surface area contributed by atoms with Crippen molar-refractivity contribution in [2.24, 2.45) is 0 Å². The molecular formula is C14H12P+. The Morgan fingerprint density at radius 1 is 0.733 bits per heavy atom. The first-order chi connectivity index (χ1) is 7.45. The summed E-state index contributed by atoms with van der Waals surface area (Å²) < 4.78 is 0. The first-order valence-electron chi connectivity index (χ1n) is 5.15. The van der Waals surface area contributed by atoms with Gasteiger partial charge in [0.15, 0.2) is 0 Å². The Labute approximate surface area is 91.0 Å². The molecule has 2 aromatic rings. The predicted molar refractivity (Wildman–Crippen MR) is 69.5 cm³/mol. The van der Waals surface area contributed by atoms with Gasteiger partial charge in [0.05, 0.1) is 13.7 Å². The molecule has 0 saturated carbocycles. The zero-order chi connectivity index (χ0) is 10.1. The molecule has 0 bridgehead atoms. The quantitative estimate of drug-likeness (QED) is 0.636. The highest BCUT2D eigenvalue weighted by Crippen LogP contribution is 2.41. The SMILES string of the molecule is C1=C[PH+](c2ccccc2)c2ccccc21. The van der Waals surface area contributed by atoms with E-state index in [9.17, 15) is 0 Å². The van der Waals surface area contributed by atoms with Gasteiger partial charge < -0.3 is 0 Å². The fourth-order valence-corrected chi connectivity index (χ4v) is 4.35. The van der Waals surface area contributed by atoms with Crippen molar-refractivity contribution in [3.63, 3.8) is 0 Å². The molecule has 0 saturated heterocycles. The summed E-state index contributed by atoms with van der Waals surface area (Å²) in [7, 11) is -0.627.